The first kappa shape index (κ1) is 13.2. The van der Waals surface area contributed by atoms with Crippen LogP contribution < -0.4 is 0 Å². The van der Waals surface area contributed by atoms with E-state index in [0.717, 1.165) is 30.7 Å². The minimum Gasteiger partial charge on any atom is -0.370 e. The van der Waals surface area contributed by atoms with Crippen molar-refractivity contribution < 1.29 is 9.26 Å². The fraction of sp³-hybridized carbons (Fsp3) is 0.312. The SMILES string of the molecule is Cc1ccc(-c2cc(-c3nc(C4CCCO4)no3)[nH]n2)cc1. The van der Waals surface area contributed by atoms with Crippen molar-refractivity contribution in [3.8, 4) is 22.8 Å². The lowest BCUT2D eigenvalue weighted by Crippen LogP contribution is -1.97. The summed E-state index contributed by atoms with van der Waals surface area (Å²) in [4.78, 5) is 4.41. The summed E-state index contributed by atoms with van der Waals surface area (Å²) < 4.78 is 10.9. The van der Waals surface area contributed by atoms with Crippen LogP contribution in [0.5, 0.6) is 0 Å². The Morgan fingerprint density at radius 1 is 1.23 bits per heavy atom. The molecule has 1 aliphatic rings. The highest BCUT2D eigenvalue weighted by Crippen LogP contribution is 2.28. The van der Waals surface area contributed by atoms with Gasteiger partial charge in [-0.1, -0.05) is 35.0 Å². The largest absolute Gasteiger partial charge is 0.370 e. The average molecular weight is 296 g/mol. The number of benzene rings is 1. The maximum Gasteiger partial charge on any atom is 0.276 e. The van der Waals surface area contributed by atoms with Gasteiger partial charge in [0.25, 0.3) is 5.89 Å². The van der Waals surface area contributed by atoms with E-state index in [4.69, 9.17) is 9.26 Å². The fourth-order valence-electron chi connectivity index (χ4n) is 2.56. The summed E-state index contributed by atoms with van der Waals surface area (Å²) in [6, 6.07) is 10.1. The highest BCUT2D eigenvalue weighted by Gasteiger charge is 2.24. The van der Waals surface area contributed by atoms with E-state index in [2.05, 4.69) is 39.4 Å². The Kier molecular flexibility index (Phi) is 3.23. The Morgan fingerprint density at radius 3 is 2.86 bits per heavy atom. The van der Waals surface area contributed by atoms with Crippen LogP contribution >= 0.6 is 0 Å². The van der Waals surface area contributed by atoms with E-state index in [9.17, 15) is 0 Å². The number of hydrogen-bond acceptors (Lipinski definition) is 5. The van der Waals surface area contributed by atoms with Crippen molar-refractivity contribution in [1.29, 1.82) is 0 Å². The van der Waals surface area contributed by atoms with E-state index in [1.54, 1.807) is 0 Å². The van der Waals surface area contributed by atoms with Crippen LogP contribution in [0, 0.1) is 6.92 Å². The van der Waals surface area contributed by atoms with Crippen LogP contribution in [-0.4, -0.2) is 26.9 Å². The topological polar surface area (TPSA) is 76.8 Å². The molecule has 4 rings (SSSR count). The van der Waals surface area contributed by atoms with Crippen LogP contribution in [0.3, 0.4) is 0 Å². The van der Waals surface area contributed by atoms with Crippen molar-refractivity contribution >= 4 is 0 Å². The normalized spacial score (nSPS) is 18.0. The second-order valence-electron chi connectivity index (χ2n) is 5.49. The molecule has 6 heteroatoms. The zero-order valence-electron chi connectivity index (χ0n) is 12.2. The molecule has 3 heterocycles. The molecule has 22 heavy (non-hydrogen) atoms. The number of ether oxygens (including phenoxy) is 1. The van der Waals surface area contributed by atoms with Gasteiger partial charge in [0, 0.05) is 12.2 Å². The number of aromatic nitrogens is 4. The van der Waals surface area contributed by atoms with Crippen LogP contribution in [-0.2, 0) is 4.74 Å². The van der Waals surface area contributed by atoms with Gasteiger partial charge in [0.15, 0.2) is 0 Å². The predicted octanol–water partition coefficient (Wildman–Crippen LogP) is 3.29. The van der Waals surface area contributed by atoms with Gasteiger partial charge >= 0.3 is 0 Å². The van der Waals surface area contributed by atoms with Gasteiger partial charge in [-0.05, 0) is 25.8 Å². The van der Waals surface area contributed by atoms with E-state index in [1.807, 2.05) is 18.2 Å². The molecule has 3 aromatic rings. The minimum atomic E-state index is -0.0445. The van der Waals surface area contributed by atoms with Crippen LogP contribution in [0.4, 0.5) is 0 Å². The lowest BCUT2D eigenvalue weighted by Gasteiger charge is -2.00. The third-order valence-corrected chi connectivity index (χ3v) is 3.82. The van der Waals surface area contributed by atoms with Crippen LogP contribution in [0.15, 0.2) is 34.9 Å². The molecule has 1 fully saturated rings. The standard InChI is InChI=1S/C16H16N4O2/c1-10-4-6-11(7-5-10)12-9-13(19-18-12)16-17-15(20-22-16)14-3-2-8-21-14/h4-7,9,14H,2-3,8H2,1H3,(H,18,19). The summed E-state index contributed by atoms with van der Waals surface area (Å²) in [5.41, 5.74) is 3.84. The first-order valence-corrected chi connectivity index (χ1v) is 7.37. The van der Waals surface area contributed by atoms with E-state index in [0.29, 0.717) is 17.4 Å². The molecule has 1 aromatic carbocycles. The molecule has 0 radical (unpaired) electrons. The molecule has 1 N–H and O–H groups in total. The van der Waals surface area contributed by atoms with Gasteiger partial charge in [0.2, 0.25) is 5.82 Å². The van der Waals surface area contributed by atoms with Crippen molar-refractivity contribution in [2.75, 3.05) is 6.61 Å². The summed E-state index contributed by atoms with van der Waals surface area (Å²) in [6.45, 7) is 2.82. The zero-order chi connectivity index (χ0) is 14.9. The molecule has 112 valence electrons. The van der Waals surface area contributed by atoms with Gasteiger partial charge in [-0.2, -0.15) is 10.1 Å². The van der Waals surface area contributed by atoms with Crippen molar-refractivity contribution in [1.82, 2.24) is 20.3 Å². The van der Waals surface area contributed by atoms with Crippen molar-refractivity contribution in [2.45, 2.75) is 25.9 Å². The second-order valence-corrected chi connectivity index (χ2v) is 5.49. The highest BCUT2D eigenvalue weighted by molar-refractivity contribution is 5.64. The third-order valence-electron chi connectivity index (χ3n) is 3.82. The Labute approximate surface area is 127 Å². The predicted molar refractivity (Wildman–Crippen MR) is 80.0 cm³/mol. The van der Waals surface area contributed by atoms with E-state index >= 15 is 0 Å². The first-order valence-electron chi connectivity index (χ1n) is 7.37. The third kappa shape index (κ3) is 2.42. The lowest BCUT2D eigenvalue weighted by atomic mass is 10.1. The van der Waals surface area contributed by atoms with Crippen LogP contribution in [0.2, 0.25) is 0 Å². The molecule has 1 atom stereocenters. The fourth-order valence-corrected chi connectivity index (χ4v) is 2.56. The molecule has 0 bridgehead atoms. The summed E-state index contributed by atoms with van der Waals surface area (Å²) in [7, 11) is 0. The number of rotatable bonds is 3. The zero-order valence-corrected chi connectivity index (χ0v) is 12.2. The van der Waals surface area contributed by atoms with Crippen LogP contribution in [0.1, 0.15) is 30.3 Å². The van der Waals surface area contributed by atoms with Gasteiger partial charge in [0.05, 0.1) is 5.69 Å². The van der Waals surface area contributed by atoms with Gasteiger partial charge < -0.3 is 9.26 Å². The number of nitrogens with one attached hydrogen (secondary N) is 1. The molecule has 1 unspecified atom stereocenters. The smallest absolute Gasteiger partial charge is 0.276 e. The summed E-state index contributed by atoms with van der Waals surface area (Å²) >= 11 is 0. The number of nitrogens with zero attached hydrogens (tertiary/aromatic N) is 3. The monoisotopic (exact) mass is 296 g/mol. The maximum absolute atomic E-state index is 5.56. The maximum atomic E-state index is 5.56. The molecule has 0 saturated carbocycles. The first-order chi connectivity index (χ1) is 10.8. The molecule has 0 aliphatic carbocycles. The second kappa shape index (κ2) is 5.38. The highest BCUT2D eigenvalue weighted by atomic mass is 16.5. The van der Waals surface area contributed by atoms with Crippen molar-refractivity contribution in [3.63, 3.8) is 0 Å². The van der Waals surface area contributed by atoms with Gasteiger partial charge in [0.1, 0.15) is 11.8 Å². The molecule has 1 saturated heterocycles. The lowest BCUT2D eigenvalue weighted by molar-refractivity contribution is 0.103. The quantitative estimate of drug-likeness (QED) is 0.802. The number of aromatic amines is 1. The number of aryl methyl sites for hydroxylation is 1. The average Bonchev–Trinajstić information content (AvgIpc) is 3.27. The Bertz CT molecular complexity index is 770. The summed E-state index contributed by atoms with van der Waals surface area (Å²) in [6.07, 6.45) is 1.93. The summed E-state index contributed by atoms with van der Waals surface area (Å²) in [5, 5.41) is 11.3. The Morgan fingerprint density at radius 2 is 2.09 bits per heavy atom. The molecule has 1 aliphatic heterocycles. The van der Waals surface area contributed by atoms with Gasteiger partial charge in [-0.3, -0.25) is 5.10 Å². The summed E-state index contributed by atoms with van der Waals surface area (Å²) in [5.74, 6) is 1.05. The van der Waals surface area contributed by atoms with E-state index in [1.165, 1.54) is 5.56 Å². The number of hydrogen-bond donors (Lipinski definition) is 1. The van der Waals surface area contributed by atoms with Gasteiger partial charge in [-0.15, -0.1) is 0 Å². The van der Waals surface area contributed by atoms with E-state index < -0.39 is 0 Å². The number of H-pyrrole nitrogens is 1. The van der Waals surface area contributed by atoms with E-state index in [-0.39, 0.29) is 6.10 Å². The Hall–Kier alpha value is -2.47. The Balaban J connectivity index is 1.59. The molecular weight excluding hydrogens is 280 g/mol. The van der Waals surface area contributed by atoms with Crippen molar-refractivity contribution in [2.24, 2.45) is 0 Å². The molecule has 2 aromatic heterocycles. The molecule has 0 spiro atoms. The molecule has 6 nitrogen and oxygen atoms in total. The molecule has 0 amide bonds. The van der Waals surface area contributed by atoms with Crippen molar-refractivity contribution in [3.05, 3.63) is 41.7 Å². The molecular formula is C16H16N4O2. The van der Waals surface area contributed by atoms with Gasteiger partial charge in [-0.25, -0.2) is 0 Å². The minimum absolute atomic E-state index is 0.0445. The van der Waals surface area contributed by atoms with Crippen LogP contribution in [0.25, 0.3) is 22.8 Å².